The first-order valence-corrected chi connectivity index (χ1v) is 3.81. The second-order valence-electron chi connectivity index (χ2n) is 2.70. The lowest BCUT2D eigenvalue weighted by atomic mass is 9.94. The lowest BCUT2D eigenvalue weighted by Gasteiger charge is -2.21. The topological polar surface area (TPSA) is 23.8 Å². The van der Waals surface area contributed by atoms with Crippen molar-refractivity contribution in [1.82, 2.24) is 0 Å². The molecule has 0 aromatic rings. The van der Waals surface area contributed by atoms with Crippen LogP contribution in [0.15, 0.2) is 23.8 Å². The molecule has 0 saturated carbocycles. The summed E-state index contributed by atoms with van der Waals surface area (Å²) in [5, 5.41) is 8.51. The molecule has 5 heteroatoms. The highest BCUT2D eigenvalue weighted by molar-refractivity contribution is 6.27. The van der Waals surface area contributed by atoms with Gasteiger partial charge in [-0.05, 0) is 6.08 Å². The number of allylic oxidation sites excluding steroid dienone is 4. The van der Waals surface area contributed by atoms with Crippen molar-refractivity contribution in [3.05, 3.63) is 23.8 Å². The van der Waals surface area contributed by atoms with Crippen molar-refractivity contribution in [2.45, 2.75) is 17.5 Å². The maximum Gasteiger partial charge on any atom is 0.412 e. The molecule has 1 rings (SSSR count). The molecule has 0 aromatic heterocycles. The van der Waals surface area contributed by atoms with E-state index in [1.54, 1.807) is 6.07 Å². The van der Waals surface area contributed by atoms with Crippen LogP contribution < -0.4 is 0 Å². The van der Waals surface area contributed by atoms with E-state index in [1.165, 1.54) is 6.08 Å². The Hall–Kier alpha value is -0.950. The van der Waals surface area contributed by atoms with Crippen LogP contribution in [0, 0.1) is 11.3 Å². The lowest BCUT2D eigenvalue weighted by molar-refractivity contribution is -0.0943. The van der Waals surface area contributed by atoms with Gasteiger partial charge in [0.2, 0.25) is 0 Å². The zero-order valence-corrected chi connectivity index (χ0v) is 7.15. The van der Waals surface area contributed by atoms with Crippen LogP contribution >= 0.6 is 11.6 Å². The summed E-state index contributed by atoms with van der Waals surface area (Å²) < 4.78 is 36.5. The van der Waals surface area contributed by atoms with E-state index in [0.717, 1.165) is 12.2 Å². The summed E-state index contributed by atoms with van der Waals surface area (Å²) in [6.45, 7) is 0. The van der Waals surface area contributed by atoms with E-state index in [0.29, 0.717) is 0 Å². The second kappa shape index (κ2) is 3.08. The number of hydrogen-bond donors (Lipinski definition) is 0. The SMILES string of the molecule is N#CC1(Cl)C=CC=C(C(F)(F)F)C1. The van der Waals surface area contributed by atoms with Crippen LogP contribution in [0.3, 0.4) is 0 Å². The van der Waals surface area contributed by atoms with Gasteiger partial charge in [0.25, 0.3) is 0 Å². The van der Waals surface area contributed by atoms with Crippen LogP contribution in [0.25, 0.3) is 0 Å². The zero-order valence-electron chi connectivity index (χ0n) is 6.40. The maximum atomic E-state index is 12.2. The van der Waals surface area contributed by atoms with Crippen molar-refractivity contribution in [3.8, 4) is 6.07 Å². The Balaban J connectivity index is 2.92. The fraction of sp³-hybridized carbons (Fsp3) is 0.375. The van der Waals surface area contributed by atoms with E-state index in [9.17, 15) is 13.2 Å². The average Bonchev–Trinajstić information content (AvgIpc) is 2.03. The molecule has 0 aliphatic heterocycles. The van der Waals surface area contributed by atoms with Gasteiger partial charge in [0.1, 0.15) is 0 Å². The number of nitriles is 1. The van der Waals surface area contributed by atoms with E-state index >= 15 is 0 Å². The van der Waals surface area contributed by atoms with Crippen LogP contribution in [0.2, 0.25) is 0 Å². The standard InChI is InChI=1S/C8H5ClF3N/c9-7(5-13)3-1-2-6(4-7)8(10,11)12/h1-3H,4H2. The number of rotatable bonds is 0. The molecule has 0 fully saturated rings. The summed E-state index contributed by atoms with van der Waals surface area (Å²) in [6.07, 6.45) is -1.56. The number of alkyl halides is 4. The quantitative estimate of drug-likeness (QED) is 0.561. The van der Waals surface area contributed by atoms with Crippen LogP contribution in [0.4, 0.5) is 13.2 Å². The second-order valence-corrected chi connectivity index (χ2v) is 3.37. The first kappa shape index (κ1) is 10.1. The molecular weight excluding hydrogens is 203 g/mol. The highest BCUT2D eigenvalue weighted by atomic mass is 35.5. The molecule has 0 spiro atoms. The molecule has 0 saturated heterocycles. The van der Waals surface area contributed by atoms with Crippen molar-refractivity contribution in [1.29, 1.82) is 5.26 Å². The normalized spacial score (nSPS) is 28.1. The predicted molar refractivity (Wildman–Crippen MR) is 42.1 cm³/mol. The summed E-state index contributed by atoms with van der Waals surface area (Å²) in [7, 11) is 0. The number of halogens is 4. The van der Waals surface area contributed by atoms with Gasteiger partial charge < -0.3 is 0 Å². The Morgan fingerprint density at radius 2 is 2.15 bits per heavy atom. The van der Waals surface area contributed by atoms with Gasteiger partial charge in [0.15, 0.2) is 4.87 Å². The Labute approximate surface area is 78.1 Å². The van der Waals surface area contributed by atoms with Gasteiger partial charge in [-0.1, -0.05) is 23.8 Å². The molecule has 1 atom stereocenters. The number of hydrogen-bond acceptors (Lipinski definition) is 1. The average molecular weight is 208 g/mol. The molecule has 0 radical (unpaired) electrons. The third-order valence-electron chi connectivity index (χ3n) is 1.66. The molecular formula is C8H5ClF3N. The van der Waals surface area contributed by atoms with Crippen molar-refractivity contribution in [2.75, 3.05) is 0 Å². The summed E-state index contributed by atoms with van der Waals surface area (Å²) in [4.78, 5) is -1.54. The van der Waals surface area contributed by atoms with Crippen molar-refractivity contribution in [2.24, 2.45) is 0 Å². The van der Waals surface area contributed by atoms with E-state index < -0.39 is 23.0 Å². The van der Waals surface area contributed by atoms with Crippen molar-refractivity contribution >= 4 is 11.6 Å². The summed E-state index contributed by atoms with van der Waals surface area (Å²) >= 11 is 5.57. The lowest BCUT2D eigenvalue weighted by Crippen LogP contribution is -2.25. The third kappa shape index (κ3) is 2.25. The molecule has 0 amide bonds. The minimum absolute atomic E-state index is 0.495. The molecule has 1 unspecified atom stereocenters. The van der Waals surface area contributed by atoms with Gasteiger partial charge in [0, 0.05) is 12.0 Å². The largest absolute Gasteiger partial charge is 0.412 e. The Morgan fingerprint density at radius 3 is 2.62 bits per heavy atom. The molecule has 0 aromatic carbocycles. The van der Waals surface area contributed by atoms with E-state index in [4.69, 9.17) is 16.9 Å². The third-order valence-corrected chi connectivity index (χ3v) is 2.00. The van der Waals surface area contributed by atoms with Gasteiger partial charge in [-0.3, -0.25) is 0 Å². The maximum absolute atomic E-state index is 12.2. The van der Waals surface area contributed by atoms with Crippen LogP contribution in [-0.4, -0.2) is 11.1 Å². The fourth-order valence-corrected chi connectivity index (χ4v) is 1.20. The summed E-state index contributed by atoms with van der Waals surface area (Å²) in [5.41, 5.74) is -0.772. The number of nitrogens with zero attached hydrogens (tertiary/aromatic N) is 1. The molecule has 0 N–H and O–H groups in total. The molecule has 0 bridgehead atoms. The highest BCUT2D eigenvalue weighted by Crippen LogP contribution is 2.37. The Kier molecular flexibility index (Phi) is 2.40. The molecule has 13 heavy (non-hydrogen) atoms. The molecule has 1 aliphatic rings. The van der Waals surface area contributed by atoms with Gasteiger partial charge in [-0.25, -0.2) is 0 Å². The summed E-state index contributed by atoms with van der Waals surface area (Å²) in [6, 6.07) is 1.62. The van der Waals surface area contributed by atoms with E-state index in [2.05, 4.69) is 0 Å². The van der Waals surface area contributed by atoms with Crippen LogP contribution in [0.5, 0.6) is 0 Å². The first-order chi connectivity index (χ1) is 5.87. The van der Waals surface area contributed by atoms with E-state index in [1.807, 2.05) is 0 Å². The van der Waals surface area contributed by atoms with Gasteiger partial charge in [0.05, 0.1) is 6.07 Å². The van der Waals surface area contributed by atoms with Gasteiger partial charge in [-0.15, -0.1) is 0 Å². The van der Waals surface area contributed by atoms with Crippen LogP contribution in [0.1, 0.15) is 6.42 Å². The molecule has 0 heterocycles. The monoisotopic (exact) mass is 207 g/mol. The Morgan fingerprint density at radius 1 is 1.54 bits per heavy atom. The molecule has 70 valence electrons. The van der Waals surface area contributed by atoms with Gasteiger partial charge in [-0.2, -0.15) is 18.4 Å². The predicted octanol–water partition coefficient (Wildman–Crippen LogP) is 2.94. The molecule has 1 nitrogen and oxygen atoms in total. The fourth-order valence-electron chi connectivity index (χ4n) is 0.983. The highest BCUT2D eigenvalue weighted by Gasteiger charge is 2.40. The van der Waals surface area contributed by atoms with Gasteiger partial charge >= 0.3 is 6.18 Å². The van der Waals surface area contributed by atoms with Crippen molar-refractivity contribution in [3.63, 3.8) is 0 Å². The van der Waals surface area contributed by atoms with Crippen molar-refractivity contribution < 1.29 is 13.2 Å². The Bertz CT molecular complexity index is 310. The minimum Gasteiger partial charge on any atom is -0.196 e. The first-order valence-electron chi connectivity index (χ1n) is 3.43. The molecule has 1 aliphatic carbocycles. The smallest absolute Gasteiger partial charge is 0.196 e. The van der Waals surface area contributed by atoms with Crippen LogP contribution in [-0.2, 0) is 0 Å². The summed E-state index contributed by atoms with van der Waals surface area (Å²) in [5.74, 6) is 0. The van der Waals surface area contributed by atoms with E-state index in [-0.39, 0.29) is 0 Å². The minimum atomic E-state index is -4.40. The zero-order chi connectivity index (χ0) is 10.1.